The largest absolute Gasteiger partial charge is 0.462 e. The zero-order valence-corrected chi connectivity index (χ0v) is 10.1. The highest BCUT2D eigenvalue weighted by Crippen LogP contribution is 2.21. The maximum Gasteiger partial charge on any atom is 0.340 e. The predicted molar refractivity (Wildman–Crippen MR) is 57.9 cm³/mol. The summed E-state index contributed by atoms with van der Waals surface area (Å²) in [5.41, 5.74) is 0.0920. The molecule has 76 valence electrons. The van der Waals surface area contributed by atoms with Crippen molar-refractivity contribution in [1.29, 1.82) is 0 Å². The van der Waals surface area contributed by atoms with Gasteiger partial charge in [0.1, 0.15) is 0 Å². The molecular formula is C8H6ClFINO2. The van der Waals surface area contributed by atoms with E-state index in [-0.39, 0.29) is 20.9 Å². The van der Waals surface area contributed by atoms with E-state index < -0.39 is 11.8 Å². The molecule has 0 saturated heterocycles. The fourth-order valence-electron chi connectivity index (χ4n) is 0.795. The number of carbonyl (C=O) groups excluding carboxylic acids is 1. The summed E-state index contributed by atoms with van der Waals surface area (Å²) in [5.74, 6) is -1.29. The highest BCUT2D eigenvalue weighted by Gasteiger charge is 2.17. The summed E-state index contributed by atoms with van der Waals surface area (Å²) in [7, 11) is 0. The number of halogens is 3. The number of nitrogens with zero attached hydrogens (tertiary/aromatic N) is 1. The quantitative estimate of drug-likeness (QED) is 0.476. The molecule has 1 aromatic rings. The summed E-state index contributed by atoms with van der Waals surface area (Å²) in [6.45, 7) is 1.91. The van der Waals surface area contributed by atoms with Gasteiger partial charge in [-0.15, -0.1) is 0 Å². The van der Waals surface area contributed by atoms with Gasteiger partial charge in [0.05, 0.1) is 15.7 Å². The monoisotopic (exact) mass is 329 g/mol. The molecule has 0 aliphatic carbocycles. The maximum absolute atomic E-state index is 13.2. The maximum atomic E-state index is 13.2. The molecule has 3 nitrogen and oxygen atoms in total. The third-order valence-corrected chi connectivity index (χ3v) is 2.73. The lowest BCUT2D eigenvalue weighted by molar-refractivity contribution is 0.0524. The standard InChI is InChI=1S/C8H6ClFINO2/c1-2-14-8(13)4-3-12-7(9)5(10)6(4)11/h3H,2H2,1H3. The SMILES string of the molecule is CCOC(=O)c1cnc(Cl)c(F)c1I. The minimum Gasteiger partial charge on any atom is -0.462 e. The zero-order valence-electron chi connectivity index (χ0n) is 7.18. The van der Waals surface area contributed by atoms with E-state index >= 15 is 0 Å². The highest BCUT2D eigenvalue weighted by atomic mass is 127. The van der Waals surface area contributed by atoms with Gasteiger partial charge in [0, 0.05) is 6.20 Å². The number of hydrogen-bond acceptors (Lipinski definition) is 3. The fraction of sp³-hybridized carbons (Fsp3) is 0.250. The molecule has 0 aliphatic heterocycles. The van der Waals surface area contributed by atoms with Gasteiger partial charge in [-0.1, -0.05) is 11.6 Å². The minimum absolute atomic E-state index is 0.0920. The molecule has 0 amide bonds. The first kappa shape index (κ1) is 11.6. The Kier molecular flexibility index (Phi) is 4.06. The van der Waals surface area contributed by atoms with Crippen LogP contribution in [0.5, 0.6) is 0 Å². The lowest BCUT2D eigenvalue weighted by atomic mass is 10.3. The summed E-state index contributed by atoms with van der Waals surface area (Å²) in [6, 6.07) is 0. The Hall–Kier alpha value is -0.430. The van der Waals surface area contributed by atoms with Crippen LogP contribution in [0.3, 0.4) is 0 Å². The molecule has 0 aliphatic rings. The van der Waals surface area contributed by atoms with Crippen molar-refractivity contribution in [2.75, 3.05) is 6.61 Å². The van der Waals surface area contributed by atoms with Gasteiger partial charge < -0.3 is 4.74 Å². The summed E-state index contributed by atoms with van der Waals surface area (Å²) in [5, 5.41) is -0.248. The van der Waals surface area contributed by atoms with Gasteiger partial charge in [0.15, 0.2) is 11.0 Å². The van der Waals surface area contributed by atoms with Crippen molar-refractivity contribution >= 4 is 40.2 Å². The smallest absolute Gasteiger partial charge is 0.340 e. The van der Waals surface area contributed by atoms with Crippen molar-refractivity contribution < 1.29 is 13.9 Å². The Bertz CT molecular complexity index is 373. The molecule has 0 bridgehead atoms. The first-order valence-electron chi connectivity index (χ1n) is 3.74. The van der Waals surface area contributed by atoms with E-state index in [2.05, 4.69) is 4.98 Å². The van der Waals surface area contributed by atoms with Gasteiger partial charge in [0.25, 0.3) is 0 Å². The Morgan fingerprint density at radius 1 is 1.79 bits per heavy atom. The molecule has 0 spiro atoms. The summed E-state index contributed by atoms with van der Waals surface area (Å²) in [6.07, 6.45) is 1.20. The van der Waals surface area contributed by atoms with E-state index in [1.165, 1.54) is 6.20 Å². The van der Waals surface area contributed by atoms with E-state index in [0.717, 1.165) is 0 Å². The van der Waals surface area contributed by atoms with Crippen molar-refractivity contribution in [3.63, 3.8) is 0 Å². The molecule has 1 rings (SSSR count). The predicted octanol–water partition coefficient (Wildman–Crippen LogP) is 2.66. The second kappa shape index (κ2) is 4.88. The van der Waals surface area contributed by atoms with Crippen LogP contribution in [-0.4, -0.2) is 17.6 Å². The number of hydrogen-bond donors (Lipinski definition) is 0. The Morgan fingerprint density at radius 2 is 2.43 bits per heavy atom. The summed E-state index contributed by atoms with van der Waals surface area (Å²) >= 11 is 7.11. The van der Waals surface area contributed by atoms with Crippen LogP contribution in [0.2, 0.25) is 5.15 Å². The second-order valence-electron chi connectivity index (χ2n) is 2.31. The van der Waals surface area contributed by atoms with Gasteiger partial charge in [-0.25, -0.2) is 14.2 Å². The van der Waals surface area contributed by atoms with Crippen molar-refractivity contribution in [2.45, 2.75) is 6.92 Å². The number of ether oxygens (including phenoxy) is 1. The van der Waals surface area contributed by atoms with Crippen molar-refractivity contribution in [2.24, 2.45) is 0 Å². The third-order valence-electron chi connectivity index (χ3n) is 1.41. The molecule has 0 unspecified atom stereocenters. The summed E-state index contributed by atoms with van der Waals surface area (Å²) < 4.78 is 18.0. The molecule has 0 radical (unpaired) electrons. The van der Waals surface area contributed by atoms with Gasteiger partial charge >= 0.3 is 5.97 Å². The van der Waals surface area contributed by atoms with E-state index in [0.29, 0.717) is 0 Å². The van der Waals surface area contributed by atoms with Crippen LogP contribution in [0.4, 0.5) is 4.39 Å². The van der Waals surface area contributed by atoms with E-state index in [1.54, 1.807) is 29.5 Å². The average molecular weight is 329 g/mol. The molecule has 1 aromatic heterocycles. The summed E-state index contributed by atoms with van der Waals surface area (Å²) in [4.78, 5) is 14.8. The van der Waals surface area contributed by atoms with E-state index in [4.69, 9.17) is 16.3 Å². The minimum atomic E-state index is -0.696. The van der Waals surface area contributed by atoms with Crippen LogP contribution < -0.4 is 0 Å². The van der Waals surface area contributed by atoms with Gasteiger partial charge in [-0.2, -0.15) is 0 Å². The second-order valence-corrected chi connectivity index (χ2v) is 3.75. The molecule has 0 atom stereocenters. The number of rotatable bonds is 2. The average Bonchev–Trinajstić information content (AvgIpc) is 2.15. The van der Waals surface area contributed by atoms with Crippen LogP contribution in [-0.2, 0) is 4.74 Å². The van der Waals surface area contributed by atoms with Crippen molar-refractivity contribution in [3.05, 3.63) is 26.3 Å². The number of carbonyl (C=O) groups is 1. The number of aromatic nitrogens is 1. The first-order chi connectivity index (χ1) is 6.57. The van der Waals surface area contributed by atoms with Crippen LogP contribution in [0, 0.1) is 9.39 Å². The van der Waals surface area contributed by atoms with E-state index in [1.807, 2.05) is 0 Å². The Labute approximate surface area is 98.8 Å². The van der Waals surface area contributed by atoms with Crippen LogP contribution >= 0.6 is 34.2 Å². The van der Waals surface area contributed by atoms with Gasteiger partial charge in [-0.3, -0.25) is 0 Å². The molecule has 0 aromatic carbocycles. The van der Waals surface area contributed by atoms with Crippen molar-refractivity contribution in [3.8, 4) is 0 Å². The van der Waals surface area contributed by atoms with Crippen LogP contribution in [0.15, 0.2) is 6.20 Å². The fourth-order valence-corrected chi connectivity index (χ4v) is 1.71. The number of pyridine rings is 1. The lowest BCUT2D eigenvalue weighted by Crippen LogP contribution is -2.09. The third kappa shape index (κ3) is 2.33. The van der Waals surface area contributed by atoms with Crippen LogP contribution in [0.1, 0.15) is 17.3 Å². The lowest BCUT2D eigenvalue weighted by Gasteiger charge is -2.04. The normalized spacial score (nSPS) is 10.0. The first-order valence-corrected chi connectivity index (χ1v) is 5.20. The molecule has 1 heterocycles. The molecule has 6 heteroatoms. The Balaban J connectivity index is 3.11. The Morgan fingerprint density at radius 3 is 3.00 bits per heavy atom. The number of esters is 1. The molecule has 0 fully saturated rings. The van der Waals surface area contributed by atoms with Gasteiger partial charge in [-0.05, 0) is 29.5 Å². The van der Waals surface area contributed by atoms with E-state index in [9.17, 15) is 9.18 Å². The highest BCUT2D eigenvalue weighted by molar-refractivity contribution is 14.1. The zero-order chi connectivity index (χ0) is 10.7. The molecule has 14 heavy (non-hydrogen) atoms. The van der Waals surface area contributed by atoms with Gasteiger partial charge in [0.2, 0.25) is 0 Å². The molecule has 0 saturated carbocycles. The molecular weight excluding hydrogens is 323 g/mol. The molecule has 0 N–H and O–H groups in total. The van der Waals surface area contributed by atoms with Crippen molar-refractivity contribution in [1.82, 2.24) is 4.98 Å². The van der Waals surface area contributed by atoms with Crippen LogP contribution in [0.25, 0.3) is 0 Å². The topological polar surface area (TPSA) is 39.2 Å².